The Morgan fingerprint density at radius 3 is 2.10 bits per heavy atom. The Balaban J connectivity index is 1.59. The topological polar surface area (TPSA) is 12.0 Å². The second-order valence-corrected chi connectivity index (χ2v) is 10.2. The highest BCUT2D eigenvalue weighted by Gasteiger charge is 2.61. The van der Waals surface area contributed by atoms with E-state index in [-0.39, 0.29) is 0 Å². The van der Waals surface area contributed by atoms with Crippen molar-refractivity contribution >= 4 is 0 Å². The van der Waals surface area contributed by atoms with Crippen LogP contribution < -0.4 is 5.32 Å². The van der Waals surface area contributed by atoms with Crippen molar-refractivity contribution in [2.45, 2.75) is 90.5 Å². The van der Waals surface area contributed by atoms with Gasteiger partial charge in [0, 0.05) is 6.04 Å². The van der Waals surface area contributed by atoms with Crippen molar-refractivity contribution in [1.82, 2.24) is 5.32 Å². The third-order valence-electron chi connectivity index (χ3n) is 7.80. The van der Waals surface area contributed by atoms with E-state index in [1.165, 1.54) is 70.6 Å². The summed E-state index contributed by atoms with van der Waals surface area (Å²) in [5.74, 6) is 2.06. The molecule has 4 bridgehead atoms. The summed E-state index contributed by atoms with van der Waals surface area (Å²) in [6, 6.07) is 0.794. The third-order valence-corrected chi connectivity index (χ3v) is 7.80. The lowest BCUT2D eigenvalue weighted by Crippen LogP contribution is -2.61. The lowest BCUT2D eigenvalue weighted by atomic mass is 9.39. The maximum atomic E-state index is 3.82. The van der Waals surface area contributed by atoms with E-state index in [0.29, 0.717) is 16.2 Å². The summed E-state index contributed by atoms with van der Waals surface area (Å²) in [5.41, 5.74) is 1.97. The van der Waals surface area contributed by atoms with E-state index < -0.39 is 0 Å². The molecule has 5 saturated carbocycles. The van der Waals surface area contributed by atoms with Crippen LogP contribution in [0.1, 0.15) is 84.5 Å². The molecule has 0 aromatic heterocycles. The number of hydrogen-bond acceptors (Lipinski definition) is 1. The molecule has 0 amide bonds. The largest absolute Gasteiger partial charge is 0.316 e. The zero-order valence-electron chi connectivity index (χ0n) is 14.5. The van der Waals surface area contributed by atoms with Crippen LogP contribution in [0.25, 0.3) is 0 Å². The van der Waals surface area contributed by atoms with Crippen molar-refractivity contribution in [3.8, 4) is 0 Å². The lowest BCUT2D eigenvalue weighted by Gasteiger charge is -2.67. The van der Waals surface area contributed by atoms with E-state index in [1.807, 2.05) is 0 Å². The molecule has 0 aromatic carbocycles. The fourth-order valence-electron chi connectivity index (χ4n) is 8.18. The highest BCUT2D eigenvalue weighted by molar-refractivity contribution is 5.13. The predicted molar refractivity (Wildman–Crippen MR) is 89.3 cm³/mol. The molecule has 0 heterocycles. The summed E-state index contributed by atoms with van der Waals surface area (Å²) < 4.78 is 0. The molecule has 0 spiro atoms. The van der Waals surface area contributed by atoms with Gasteiger partial charge in [0.2, 0.25) is 0 Å². The highest BCUT2D eigenvalue weighted by Crippen LogP contribution is 2.70. The third kappa shape index (κ3) is 2.38. The first-order valence-electron chi connectivity index (χ1n) is 9.62. The van der Waals surface area contributed by atoms with Crippen molar-refractivity contribution in [1.29, 1.82) is 0 Å². The van der Waals surface area contributed by atoms with Crippen LogP contribution in [-0.4, -0.2) is 13.1 Å². The van der Waals surface area contributed by atoms with Gasteiger partial charge in [0.05, 0.1) is 0 Å². The van der Waals surface area contributed by atoms with Crippen LogP contribution in [0.3, 0.4) is 0 Å². The van der Waals surface area contributed by atoms with E-state index in [9.17, 15) is 0 Å². The average molecular weight is 290 g/mol. The standard InChI is InChI=1S/C20H35N/c1-18-9-16-10-19(2,12-18)14-20(11-16,13-18)17(21-3)8-15-6-4-5-7-15/h15-17,21H,4-14H2,1-3H3. The smallest absolute Gasteiger partial charge is 0.0124 e. The first-order chi connectivity index (χ1) is 9.94. The SMILES string of the molecule is CNC(CC1CCCC1)C12CC3CC(C)(CC(C)(C3)C1)C2. The van der Waals surface area contributed by atoms with Crippen molar-refractivity contribution in [3.05, 3.63) is 0 Å². The molecular weight excluding hydrogens is 254 g/mol. The maximum absolute atomic E-state index is 3.82. The summed E-state index contributed by atoms with van der Waals surface area (Å²) in [7, 11) is 2.25. The van der Waals surface area contributed by atoms with Crippen LogP contribution in [0.15, 0.2) is 0 Å². The van der Waals surface area contributed by atoms with E-state index in [4.69, 9.17) is 0 Å². The normalized spacial score (nSPS) is 50.7. The molecule has 1 heteroatoms. The van der Waals surface area contributed by atoms with Crippen molar-refractivity contribution < 1.29 is 0 Å². The minimum absolute atomic E-state index is 0.639. The van der Waals surface area contributed by atoms with Gasteiger partial charge in [-0.2, -0.15) is 0 Å². The van der Waals surface area contributed by atoms with Crippen LogP contribution in [0.4, 0.5) is 0 Å². The number of rotatable bonds is 4. The van der Waals surface area contributed by atoms with Crippen molar-refractivity contribution in [2.75, 3.05) is 7.05 Å². The fraction of sp³-hybridized carbons (Fsp3) is 1.00. The van der Waals surface area contributed by atoms with Crippen LogP contribution in [0.5, 0.6) is 0 Å². The van der Waals surface area contributed by atoms with E-state index in [0.717, 1.165) is 17.9 Å². The first kappa shape index (κ1) is 14.5. The van der Waals surface area contributed by atoms with Gasteiger partial charge in [-0.05, 0) is 80.1 Å². The Hall–Kier alpha value is -0.0400. The van der Waals surface area contributed by atoms with Gasteiger partial charge in [-0.15, -0.1) is 0 Å². The van der Waals surface area contributed by atoms with E-state index >= 15 is 0 Å². The van der Waals surface area contributed by atoms with Gasteiger partial charge in [0.1, 0.15) is 0 Å². The van der Waals surface area contributed by atoms with Gasteiger partial charge in [0.25, 0.3) is 0 Å². The summed E-state index contributed by atoms with van der Waals surface area (Å²) in [6.45, 7) is 5.24. The van der Waals surface area contributed by atoms with Crippen LogP contribution in [-0.2, 0) is 0 Å². The molecule has 5 fully saturated rings. The van der Waals surface area contributed by atoms with Crippen LogP contribution in [0.2, 0.25) is 0 Å². The molecule has 5 aliphatic rings. The number of nitrogens with one attached hydrogen (secondary N) is 1. The van der Waals surface area contributed by atoms with Gasteiger partial charge >= 0.3 is 0 Å². The monoisotopic (exact) mass is 289 g/mol. The molecule has 5 aliphatic carbocycles. The Labute approximate surface area is 131 Å². The van der Waals surface area contributed by atoms with Gasteiger partial charge in [-0.25, -0.2) is 0 Å². The van der Waals surface area contributed by atoms with E-state index in [2.05, 4.69) is 26.2 Å². The minimum atomic E-state index is 0.639. The van der Waals surface area contributed by atoms with Gasteiger partial charge in [-0.3, -0.25) is 0 Å². The fourth-order valence-corrected chi connectivity index (χ4v) is 8.18. The van der Waals surface area contributed by atoms with E-state index in [1.54, 1.807) is 0 Å². The summed E-state index contributed by atoms with van der Waals surface area (Å²) in [6.07, 6.45) is 16.6. The summed E-state index contributed by atoms with van der Waals surface area (Å²) >= 11 is 0. The molecule has 0 aliphatic heterocycles. The van der Waals surface area contributed by atoms with Crippen LogP contribution >= 0.6 is 0 Å². The molecular formula is C20H35N. The van der Waals surface area contributed by atoms with Crippen LogP contribution in [0, 0.1) is 28.1 Å². The summed E-state index contributed by atoms with van der Waals surface area (Å²) in [4.78, 5) is 0. The van der Waals surface area contributed by atoms with Gasteiger partial charge in [-0.1, -0.05) is 39.5 Å². The van der Waals surface area contributed by atoms with Gasteiger partial charge in [0.15, 0.2) is 0 Å². The predicted octanol–water partition coefficient (Wildman–Crippen LogP) is 5.15. The average Bonchev–Trinajstić information content (AvgIpc) is 2.83. The zero-order valence-corrected chi connectivity index (χ0v) is 14.5. The molecule has 0 aromatic rings. The van der Waals surface area contributed by atoms with Gasteiger partial charge < -0.3 is 5.32 Å². The Morgan fingerprint density at radius 1 is 0.952 bits per heavy atom. The molecule has 0 radical (unpaired) electrons. The lowest BCUT2D eigenvalue weighted by molar-refractivity contribution is -0.159. The maximum Gasteiger partial charge on any atom is 0.0124 e. The Kier molecular flexibility index (Phi) is 3.27. The van der Waals surface area contributed by atoms with Crippen molar-refractivity contribution in [2.24, 2.45) is 28.1 Å². The second-order valence-electron chi connectivity index (χ2n) is 10.2. The molecule has 3 atom stereocenters. The summed E-state index contributed by atoms with van der Waals surface area (Å²) in [5, 5.41) is 3.82. The molecule has 3 unspecified atom stereocenters. The van der Waals surface area contributed by atoms with Crippen molar-refractivity contribution in [3.63, 3.8) is 0 Å². The highest BCUT2D eigenvalue weighted by atomic mass is 14.9. The number of hydrogen-bond donors (Lipinski definition) is 1. The molecule has 0 saturated heterocycles. The zero-order chi connectivity index (χ0) is 14.7. The quantitative estimate of drug-likeness (QED) is 0.754. The molecule has 5 rings (SSSR count). The molecule has 1 nitrogen and oxygen atoms in total. The first-order valence-corrected chi connectivity index (χ1v) is 9.62. The molecule has 120 valence electrons. The molecule has 21 heavy (non-hydrogen) atoms. The Morgan fingerprint density at radius 2 is 1.57 bits per heavy atom. The minimum Gasteiger partial charge on any atom is -0.316 e. The molecule has 1 N–H and O–H groups in total. The second kappa shape index (κ2) is 4.73. The Bertz CT molecular complexity index is 390.